The Morgan fingerprint density at radius 1 is 1.00 bits per heavy atom. The number of benzene rings is 3. The highest BCUT2D eigenvalue weighted by Crippen LogP contribution is 2.23. The lowest BCUT2D eigenvalue weighted by Gasteiger charge is -2.34. The van der Waals surface area contributed by atoms with Gasteiger partial charge in [-0.3, -0.25) is 4.79 Å². The van der Waals surface area contributed by atoms with Gasteiger partial charge in [0.25, 0.3) is 5.91 Å². The highest BCUT2D eigenvalue weighted by atomic mass is 19.1. The van der Waals surface area contributed by atoms with Crippen molar-refractivity contribution in [3.63, 3.8) is 0 Å². The second-order valence-corrected chi connectivity index (χ2v) is 8.59. The number of piperidine rings is 1. The number of halogens is 1. The van der Waals surface area contributed by atoms with Crippen LogP contribution in [0.15, 0.2) is 66.7 Å². The van der Waals surface area contributed by atoms with E-state index in [1.54, 1.807) is 12.1 Å². The van der Waals surface area contributed by atoms with Crippen molar-refractivity contribution in [1.29, 1.82) is 0 Å². The van der Waals surface area contributed by atoms with Gasteiger partial charge >= 0.3 is 0 Å². The summed E-state index contributed by atoms with van der Waals surface area (Å²) in [5.74, 6) is -0.270. The van der Waals surface area contributed by atoms with E-state index >= 15 is 0 Å². The highest BCUT2D eigenvalue weighted by Gasteiger charge is 2.19. The number of nitrogens with zero attached hydrogens (tertiary/aromatic N) is 1. The SMILES string of the molecule is Cc1ccc(C(=O)Nc2ccc(N3CCC(NCc4cccc(F)c4)CC3)cc2)c(C)c1. The van der Waals surface area contributed by atoms with Gasteiger partial charge in [0.05, 0.1) is 0 Å². The van der Waals surface area contributed by atoms with Crippen molar-refractivity contribution in [2.45, 2.75) is 39.3 Å². The molecule has 4 rings (SSSR count). The van der Waals surface area contributed by atoms with Gasteiger partial charge < -0.3 is 15.5 Å². The summed E-state index contributed by atoms with van der Waals surface area (Å²) in [5.41, 5.74) is 5.77. The molecule has 1 aliphatic rings. The molecule has 1 heterocycles. The van der Waals surface area contributed by atoms with Crippen molar-refractivity contribution in [3.8, 4) is 0 Å². The molecule has 0 saturated carbocycles. The summed E-state index contributed by atoms with van der Waals surface area (Å²) in [5, 5.41) is 6.55. The number of amides is 1. The largest absolute Gasteiger partial charge is 0.371 e. The summed E-state index contributed by atoms with van der Waals surface area (Å²) in [6, 6.07) is 21.1. The predicted octanol–water partition coefficient (Wildman–Crippen LogP) is 5.45. The molecule has 0 radical (unpaired) electrons. The van der Waals surface area contributed by atoms with Gasteiger partial charge in [-0.1, -0.05) is 29.8 Å². The minimum Gasteiger partial charge on any atom is -0.371 e. The van der Waals surface area contributed by atoms with Crippen molar-refractivity contribution >= 4 is 17.3 Å². The molecule has 3 aromatic carbocycles. The number of nitrogens with one attached hydrogen (secondary N) is 2. The van der Waals surface area contributed by atoms with Crippen LogP contribution in [-0.2, 0) is 6.54 Å². The van der Waals surface area contributed by atoms with Crippen LogP contribution in [-0.4, -0.2) is 25.0 Å². The fraction of sp³-hybridized carbons (Fsp3) is 0.296. The van der Waals surface area contributed by atoms with Gasteiger partial charge in [-0.25, -0.2) is 4.39 Å². The third-order valence-electron chi connectivity index (χ3n) is 6.10. The number of hydrogen-bond acceptors (Lipinski definition) is 3. The number of carbonyl (C=O) groups excluding carboxylic acids is 1. The Labute approximate surface area is 189 Å². The Morgan fingerprint density at radius 3 is 2.44 bits per heavy atom. The smallest absolute Gasteiger partial charge is 0.255 e. The maximum Gasteiger partial charge on any atom is 0.255 e. The first-order valence-corrected chi connectivity index (χ1v) is 11.2. The molecule has 4 nitrogen and oxygen atoms in total. The van der Waals surface area contributed by atoms with E-state index in [4.69, 9.17) is 0 Å². The molecule has 0 spiro atoms. The maximum atomic E-state index is 13.3. The second kappa shape index (κ2) is 9.96. The Kier molecular flexibility index (Phi) is 6.86. The normalized spacial score (nSPS) is 14.4. The van der Waals surface area contributed by atoms with Crippen molar-refractivity contribution in [3.05, 3.63) is 94.8 Å². The van der Waals surface area contributed by atoms with Crippen LogP contribution in [0, 0.1) is 19.7 Å². The molecule has 166 valence electrons. The predicted molar refractivity (Wildman–Crippen MR) is 129 cm³/mol. The van der Waals surface area contributed by atoms with Gasteiger partial charge in [0.2, 0.25) is 0 Å². The molecule has 0 atom stereocenters. The zero-order valence-electron chi connectivity index (χ0n) is 18.7. The number of rotatable bonds is 6. The van der Waals surface area contributed by atoms with Gasteiger partial charge in [-0.05, 0) is 80.3 Å². The first kappa shape index (κ1) is 22.0. The molecule has 5 heteroatoms. The molecular formula is C27H30FN3O. The third-order valence-corrected chi connectivity index (χ3v) is 6.10. The van der Waals surface area contributed by atoms with Gasteiger partial charge in [0.15, 0.2) is 0 Å². The van der Waals surface area contributed by atoms with Crippen LogP contribution in [0.25, 0.3) is 0 Å². The van der Waals surface area contributed by atoms with Crippen LogP contribution < -0.4 is 15.5 Å². The van der Waals surface area contributed by atoms with E-state index in [1.807, 2.05) is 50.2 Å². The summed E-state index contributed by atoms with van der Waals surface area (Å²) in [6.07, 6.45) is 2.08. The highest BCUT2D eigenvalue weighted by molar-refractivity contribution is 6.05. The molecule has 32 heavy (non-hydrogen) atoms. The molecule has 1 saturated heterocycles. The number of carbonyl (C=O) groups is 1. The first-order chi connectivity index (χ1) is 15.5. The maximum absolute atomic E-state index is 13.3. The van der Waals surface area contributed by atoms with Gasteiger partial charge in [0.1, 0.15) is 5.82 Å². The average Bonchev–Trinajstić information content (AvgIpc) is 2.78. The molecule has 0 unspecified atom stereocenters. The van der Waals surface area contributed by atoms with Crippen LogP contribution in [0.5, 0.6) is 0 Å². The lowest BCUT2D eigenvalue weighted by Crippen LogP contribution is -2.42. The third kappa shape index (κ3) is 5.54. The number of aryl methyl sites for hydroxylation is 2. The number of hydrogen-bond donors (Lipinski definition) is 2. The fourth-order valence-electron chi connectivity index (χ4n) is 4.27. The van der Waals surface area contributed by atoms with Crippen molar-refractivity contribution in [1.82, 2.24) is 5.32 Å². The zero-order valence-corrected chi connectivity index (χ0v) is 18.7. The van der Waals surface area contributed by atoms with Crippen molar-refractivity contribution in [2.75, 3.05) is 23.3 Å². The minimum absolute atomic E-state index is 0.0829. The van der Waals surface area contributed by atoms with Crippen molar-refractivity contribution in [2.24, 2.45) is 0 Å². The Morgan fingerprint density at radius 2 is 1.75 bits per heavy atom. The molecule has 2 N–H and O–H groups in total. The lowest BCUT2D eigenvalue weighted by atomic mass is 10.0. The average molecular weight is 432 g/mol. The van der Waals surface area contributed by atoms with Crippen molar-refractivity contribution < 1.29 is 9.18 Å². The lowest BCUT2D eigenvalue weighted by molar-refractivity contribution is 0.102. The van der Waals surface area contributed by atoms with E-state index in [0.29, 0.717) is 18.2 Å². The molecule has 1 amide bonds. The monoisotopic (exact) mass is 431 g/mol. The van der Waals surface area contributed by atoms with Gasteiger partial charge in [-0.2, -0.15) is 0 Å². The minimum atomic E-state index is -0.187. The molecule has 0 aliphatic carbocycles. The molecule has 0 aromatic heterocycles. The molecule has 1 aliphatic heterocycles. The quantitative estimate of drug-likeness (QED) is 0.545. The van der Waals surface area contributed by atoms with E-state index in [9.17, 15) is 9.18 Å². The second-order valence-electron chi connectivity index (χ2n) is 8.59. The van der Waals surface area contributed by atoms with E-state index in [2.05, 4.69) is 27.7 Å². The molecule has 1 fully saturated rings. The van der Waals surface area contributed by atoms with E-state index < -0.39 is 0 Å². The first-order valence-electron chi connectivity index (χ1n) is 11.2. The summed E-state index contributed by atoms with van der Waals surface area (Å²) >= 11 is 0. The molecular weight excluding hydrogens is 401 g/mol. The van der Waals surface area contributed by atoms with Crippen LogP contribution in [0.4, 0.5) is 15.8 Å². The Hall–Kier alpha value is -3.18. The van der Waals surface area contributed by atoms with Crippen LogP contribution in [0.2, 0.25) is 0 Å². The van der Waals surface area contributed by atoms with Gasteiger partial charge in [-0.15, -0.1) is 0 Å². The topological polar surface area (TPSA) is 44.4 Å². The molecule has 3 aromatic rings. The zero-order chi connectivity index (χ0) is 22.5. The number of anilines is 2. The summed E-state index contributed by atoms with van der Waals surface area (Å²) in [7, 11) is 0. The summed E-state index contributed by atoms with van der Waals surface area (Å²) in [6.45, 7) is 6.61. The fourth-order valence-corrected chi connectivity index (χ4v) is 4.27. The van der Waals surface area contributed by atoms with Gasteiger partial charge in [0, 0.05) is 42.6 Å². The van der Waals surface area contributed by atoms with Crippen LogP contribution >= 0.6 is 0 Å². The van der Waals surface area contributed by atoms with Crippen LogP contribution in [0.3, 0.4) is 0 Å². The standard InChI is InChI=1S/C27H30FN3O/c1-19-6-11-26(20(2)16-19)27(32)30-24-7-9-25(10-8-24)31-14-12-23(13-15-31)29-18-21-4-3-5-22(28)17-21/h3-11,16-17,23,29H,12-15,18H2,1-2H3,(H,30,32). The van der Waals surface area contributed by atoms with E-state index in [-0.39, 0.29) is 11.7 Å². The van der Waals surface area contributed by atoms with E-state index in [1.165, 1.54) is 6.07 Å². The van der Waals surface area contributed by atoms with Crippen LogP contribution in [0.1, 0.15) is 39.9 Å². The van der Waals surface area contributed by atoms with E-state index in [0.717, 1.165) is 54.0 Å². The Bertz CT molecular complexity index is 1070. The molecule has 0 bridgehead atoms. The summed E-state index contributed by atoms with van der Waals surface area (Å²) in [4.78, 5) is 15.0. The Balaban J connectivity index is 1.28. The summed E-state index contributed by atoms with van der Waals surface area (Å²) < 4.78 is 13.3.